The molecule has 0 fully saturated rings. The molecule has 1 aliphatic heterocycles. The number of quaternary nitrogens is 1. The second-order valence-corrected chi connectivity index (χ2v) is 8.70. The topological polar surface area (TPSA) is 20.2 Å². The predicted molar refractivity (Wildman–Crippen MR) is 133 cm³/mol. The summed E-state index contributed by atoms with van der Waals surface area (Å²) in [6.45, 7) is 0. The molecule has 1 aromatic heterocycles. The van der Waals surface area contributed by atoms with Gasteiger partial charge in [-0.05, 0) is 30.0 Å². The third-order valence-electron chi connectivity index (χ3n) is 6.97. The van der Waals surface area contributed by atoms with Crippen LogP contribution < -0.4 is 4.90 Å². The lowest BCUT2D eigenvalue weighted by Crippen LogP contribution is -3.00. The Labute approximate surface area is 187 Å². The van der Waals surface area contributed by atoms with Crippen LogP contribution >= 0.6 is 0 Å². The van der Waals surface area contributed by atoms with E-state index in [9.17, 15) is 0 Å². The van der Waals surface area contributed by atoms with Crippen molar-refractivity contribution in [2.24, 2.45) is 0 Å². The average molecular weight is 412 g/mol. The number of nitrogens with one attached hydrogen (secondary N) is 2. The highest BCUT2D eigenvalue weighted by molar-refractivity contribution is 6.13. The molecule has 7 rings (SSSR count). The molecule has 0 saturated carbocycles. The van der Waals surface area contributed by atoms with E-state index in [1.807, 2.05) is 0 Å². The van der Waals surface area contributed by atoms with Gasteiger partial charge < -0.3 is 4.98 Å². The molecule has 0 spiro atoms. The number of hydrogen-bond acceptors (Lipinski definition) is 0. The zero-order valence-electron chi connectivity index (χ0n) is 17.7. The third-order valence-corrected chi connectivity index (χ3v) is 6.97. The number of H-pyrrole nitrogens is 1. The molecule has 1 atom stereocenters. The second kappa shape index (κ2) is 6.81. The van der Waals surface area contributed by atoms with Crippen LogP contribution in [0.5, 0.6) is 0 Å². The lowest BCUT2D eigenvalue weighted by molar-refractivity contribution is -0.714. The highest BCUT2D eigenvalue weighted by atomic mass is 15.2. The van der Waals surface area contributed by atoms with Crippen molar-refractivity contribution in [3.05, 3.63) is 114 Å². The summed E-state index contributed by atoms with van der Waals surface area (Å²) in [6.07, 6.45) is 6.83. The number of aromatic nitrogens is 1. The molecule has 0 amide bonds. The number of aromatic amines is 1. The van der Waals surface area contributed by atoms with Gasteiger partial charge in [0.2, 0.25) is 0 Å². The zero-order valence-corrected chi connectivity index (χ0v) is 17.7. The lowest BCUT2D eigenvalue weighted by atomic mass is 9.93. The maximum atomic E-state index is 3.88. The van der Waals surface area contributed by atoms with Gasteiger partial charge in [-0.1, -0.05) is 78.9 Å². The Kier molecular flexibility index (Phi) is 3.78. The van der Waals surface area contributed by atoms with Crippen LogP contribution in [0.2, 0.25) is 0 Å². The predicted octanol–water partition coefficient (Wildman–Crippen LogP) is 6.91. The summed E-state index contributed by atoms with van der Waals surface area (Å²) < 4.78 is 0. The van der Waals surface area contributed by atoms with E-state index >= 15 is 0 Å². The molecular formula is C30H23N2+. The van der Waals surface area contributed by atoms with Gasteiger partial charge >= 0.3 is 0 Å². The first-order chi connectivity index (χ1) is 15.9. The molecule has 1 aliphatic carbocycles. The summed E-state index contributed by atoms with van der Waals surface area (Å²) in [5.74, 6) is 0. The van der Waals surface area contributed by atoms with Crippen LogP contribution in [0.15, 0.2) is 109 Å². The summed E-state index contributed by atoms with van der Waals surface area (Å²) in [5, 5.41) is 3.86. The fourth-order valence-electron chi connectivity index (χ4n) is 5.59. The number of allylic oxidation sites excluding steroid dienone is 4. The van der Waals surface area contributed by atoms with E-state index in [0.717, 1.165) is 12.8 Å². The van der Waals surface area contributed by atoms with Gasteiger partial charge in [-0.25, -0.2) is 4.90 Å². The van der Waals surface area contributed by atoms with E-state index < -0.39 is 0 Å². The Morgan fingerprint density at radius 2 is 1.53 bits per heavy atom. The van der Waals surface area contributed by atoms with Crippen LogP contribution in [-0.2, 0) is 0 Å². The van der Waals surface area contributed by atoms with Gasteiger partial charge in [-0.3, -0.25) is 0 Å². The average Bonchev–Trinajstić information content (AvgIpc) is 3.20. The molecular weight excluding hydrogens is 388 g/mol. The van der Waals surface area contributed by atoms with Gasteiger partial charge in [0.05, 0.1) is 16.8 Å². The Morgan fingerprint density at radius 1 is 0.719 bits per heavy atom. The lowest BCUT2D eigenvalue weighted by Gasteiger charge is -2.24. The molecule has 32 heavy (non-hydrogen) atoms. The summed E-state index contributed by atoms with van der Waals surface area (Å²) >= 11 is 0. The number of fused-ring (bicyclic) bond motifs is 8. The van der Waals surface area contributed by atoms with Gasteiger partial charge in [0.1, 0.15) is 11.4 Å². The van der Waals surface area contributed by atoms with Crippen molar-refractivity contribution in [1.82, 2.24) is 4.98 Å². The summed E-state index contributed by atoms with van der Waals surface area (Å²) in [5.41, 5.74) is 10.5. The summed E-state index contributed by atoms with van der Waals surface area (Å²) in [6, 6.07) is 33.0. The van der Waals surface area contributed by atoms with Crippen molar-refractivity contribution in [3.8, 4) is 11.3 Å². The minimum absolute atomic E-state index is 1.06. The number of hydrogen-bond donors (Lipinski definition) is 2. The van der Waals surface area contributed by atoms with Crippen LogP contribution in [-0.4, -0.2) is 4.98 Å². The molecule has 152 valence electrons. The number of para-hydroxylation sites is 2. The third kappa shape index (κ3) is 2.44. The highest BCUT2D eigenvalue weighted by Crippen LogP contribution is 2.44. The van der Waals surface area contributed by atoms with Crippen molar-refractivity contribution >= 4 is 38.6 Å². The normalized spacial score (nSPS) is 17.2. The molecule has 1 unspecified atom stereocenters. The summed E-state index contributed by atoms with van der Waals surface area (Å²) in [7, 11) is 0. The van der Waals surface area contributed by atoms with Crippen LogP contribution in [0.4, 0.5) is 11.4 Å². The van der Waals surface area contributed by atoms with E-state index in [0.29, 0.717) is 0 Å². The Bertz CT molecular complexity index is 1570. The first kappa shape index (κ1) is 17.8. The fourth-order valence-corrected chi connectivity index (χ4v) is 5.59. The smallest absolute Gasteiger partial charge is 0.150 e. The molecule has 2 heteroatoms. The number of rotatable bonds is 1. The molecule has 2 aliphatic rings. The maximum absolute atomic E-state index is 3.88. The molecule has 2 N–H and O–H groups in total. The molecule has 2 heterocycles. The van der Waals surface area contributed by atoms with Crippen molar-refractivity contribution in [3.63, 3.8) is 0 Å². The molecule has 0 saturated heterocycles. The quantitative estimate of drug-likeness (QED) is 0.299. The Balaban J connectivity index is 1.65. The van der Waals surface area contributed by atoms with Crippen molar-refractivity contribution < 1.29 is 4.90 Å². The second-order valence-electron chi connectivity index (χ2n) is 8.70. The van der Waals surface area contributed by atoms with E-state index in [-0.39, 0.29) is 0 Å². The van der Waals surface area contributed by atoms with Crippen molar-refractivity contribution in [1.29, 1.82) is 0 Å². The monoisotopic (exact) mass is 411 g/mol. The molecule has 5 aromatic rings. The number of benzene rings is 4. The largest absolute Gasteiger partial charge is 0.353 e. The minimum atomic E-state index is 1.06. The first-order valence-corrected chi connectivity index (χ1v) is 11.4. The molecule has 2 nitrogen and oxygen atoms in total. The Hall–Kier alpha value is -3.88. The van der Waals surface area contributed by atoms with Crippen LogP contribution in [0.25, 0.3) is 38.5 Å². The summed E-state index contributed by atoms with van der Waals surface area (Å²) in [4.78, 5) is 5.25. The minimum Gasteiger partial charge on any atom is -0.353 e. The van der Waals surface area contributed by atoms with Gasteiger partial charge in [-0.15, -0.1) is 0 Å². The van der Waals surface area contributed by atoms with Gasteiger partial charge in [-0.2, -0.15) is 0 Å². The van der Waals surface area contributed by atoms with E-state index in [1.165, 1.54) is 66.0 Å². The molecule has 0 bridgehead atoms. The van der Waals surface area contributed by atoms with E-state index in [4.69, 9.17) is 0 Å². The highest BCUT2D eigenvalue weighted by Gasteiger charge is 2.34. The van der Waals surface area contributed by atoms with Crippen LogP contribution in [0.1, 0.15) is 18.4 Å². The SMILES string of the molecule is C1=CC2=C(CC1)[NH+](c1ccccc1)c1ccccc1-c1[nH]c3c(ccc4ccccc43)c12. The zero-order chi connectivity index (χ0) is 21.1. The standard InChI is InChI=1S/C30H22N2/c1-2-11-21(12-3-1)32-26-16-8-6-14-23(26)28-25-19-18-20-10-4-5-13-22(20)29(25)31-30(28)24-15-7-9-17-27(24)32/h1-7,9-15,17-19,31H,8,16H2/p+1. The van der Waals surface area contributed by atoms with Crippen molar-refractivity contribution in [2.45, 2.75) is 12.8 Å². The molecule has 4 aromatic carbocycles. The maximum Gasteiger partial charge on any atom is 0.150 e. The van der Waals surface area contributed by atoms with Gasteiger partial charge in [0.25, 0.3) is 0 Å². The van der Waals surface area contributed by atoms with Crippen LogP contribution in [0, 0.1) is 0 Å². The van der Waals surface area contributed by atoms with Crippen molar-refractivity contribution in [2.75, 3.05) is 0 Å². The molecule has 0 radical (unpaired) electrons. The first-order valence-electron chi connectivity index (χ1n) is 11.4. The fraction of sp³-hybridized carbons (Fsp3) is 0.0667. The Morgan fingerprint density at radius 3 is 2.47 bits per heavy atom. The van der Waals surface area contributed by atoms with E-state index in [1.54, 1.807) is 0 Å². The van der Waals surface area contributed by atoms with Crippen LogP contribution in [0.3, 0.4) is 0 Å². The van der Waals surface area contributed by atoms with Gasteiger partial charge in [0.15, 0.2) is 5.69 Å². The van der Waals surface area contributed by atoms with E-state index in [2.05, 4.69) is 108 Å². The van der Waals surface area contributed by atoms with Gasteiger partial charge in [0, 0.05) is 34.4 Å².